The molecule has 1 aromatic carbocycles. The molecule has 0 fully saturated rings. The molecule has 0 spiro atoms. The molecule has 0 saturated heterocycles. The fourth-order valence-corrected chi connectivity index (χ4v) is 2.56. The summed E-state index contributed by atoms with van der Waals surface area (Å²) in [4.78, 5) is 69.6. The molecule has 0 saturated carbocycles. The molecule has 0 aromatic heterocycles. The Labute approximate surface area is 182 Å². The van der Waals surface area contributed by atoms with Gasteiger partial charge >= 0.3 is 17.9 Å². The van der Waals surface area contributed by atoms with Crippen molar-refractivity contribution in [2.75, 3.05) is 6.54 Å². The molecule has 0 aliphatic rings. The number of hydrogen-bond donors (Lipinski definition) is 7. The quantitative estimate of drug-likeness (QED) is 0.169. The lowest BCUT2D eigenvalue weighted by Gasteiger charge is -2.23. The highest BCUT2D eigenvalue weighted by molar-refractivity contribution is 5.95. The Bertz CT molecular complexity index is 860. The molecule has 0 heterocycles. The van der Waals surface area contributed by atoms with Crippen LogP contribution in [0, 0.1) is 0 Å². The van der Waals surface area contributed by atoms with E-state index in [1.165, 1.54) is 0 Å². The van der Waals surface area contributed by atoms with E-state index in [-0.39, 0.29) is 6.42 Å². The third-order valence-electron chi connectivity index (χ3n) is 4.07. The van der Waals surface area contributed by atoms with E-state index in [4.69, 9.17) is 21.1 Å². The number of carbonyl (C=O) groups is 6. The first-order valence-corrected chi connectivity index (χ1v) is 9.33. The number of carboxylic acids is 3. The highest BCUT2D eigenvalue weighted by Crippen LogP contribution is 2.06. The molecule has 8 N–H and O–H groups in total. The predicted molar refractivity (Wildman–Crippen MR) is 107 cm³/mol. The molecule has 0 bridgehead atoms. The molecule has 0 aliphatic carbocycles. The van der Waals surface area contributed by atoms with Crippen molar-refractivity contribution in [3.63, 3.8) is 0 Å². The number of rotatable bonds is 13. The average Bonchev–Trinajstić information content (AvgIpc) is 2.70. The van der Waals surface area contributed by atoms with Gasteiger partial charge in [0.05, 0.1) is 18.9 Å². The number of carboxylic acid groups (broad SMARTS) is 3. The van der Waals surface area contributed by atoms with Crippen molar-refractivity contribution < 1.29 is 44.1 Å². The summed E-state index contributed by atoms with van der Waals surface area (Å²) in [6, 6.07) is 3.97. The zero-order valence-corrected chi connectivity index (χ0v) is 16.8. The lowest BCUT2D eigenvalue weighted by molar-refractivity contribution is -0.141. The Morgan fingerprint density at radius 3 is 1.84 bits per heavy atom. The molecule has 0 aliphatic heterocycles. The maximum atomic E-state index is 12.8. The van der Waals surface area contributed by atoms with Crippen molar-refractivity contribution >= 4 is 35.6 Å². The van der Waals surface area contributed by atoms with Crippen LogP contribution in [0.15, 0.2) is 30.3 Å². The smallest absolute Gasteiger partial charge is 0.322 e. The summed E-state index contributed by atoms with van der Waals surface area (Å²) < 4.78 is 0. The minimum atomic E-state index is -1.62. The standard InChI is InChI=1S/C19H24N4O9/c20-11(7-14(24)25)17(30)22-12(6-10-4-2-1-3-5-10)19(32)23-13(8-15(26)27)18(31)21-9-16(28)29/h1-5,11-13H,6-9,20H2,(H,21,31)(H,22,30)(H,23,32)(H,24,25)(H,26,27)(H,28,29). The highest BCUT2D eigenvalue weighted by Gasteiger charge is 2.30. The van der Waals surface area contributed by atoms with Gasteiger partial charge in [0.2, 0.25) is 17.7 Å². The van der Waals surface area contributed by atoms with Crippen LogP contribution in [-0.2, 0) is 35.2 Å². The molecule has 174 valence electrons. The molecule has 3 amide bonds. The van der Waals surface area contributed by atoms with Gasteiger partial charge in [-0.15, -0.1) is 0 Å². The SMILES string of the molecule is NC(CC(=O)O)C(=O)NC(Cc1ccccc1)C(=O)NC(CC(=O)O)C(=O)NCC(=O)O. The summed E-state index contributed by atoms with van der Waals surface area (Å²) in [5.41, 5.74) is 6.12. The number of benzene rings is 1. The Hall–Kier alpha value is -4.00. The first-order chi connectivity index (χ1) is 15.0. The zero-order valence-electron chi connectivity index (χ0n) is 16.8. The molecule has 3 atom stereocenters. The van der Waals surface area contributed by atoms with Gasteiger partial charge in [-0.1, -0.05) is 30.3 Å². The minimum Gasteiger partial charge on any atom is -0.481 e. The third-order valence-corrected chi connectivity index (χ3v) is 4.07. The summed E-state index contributed by atoms with van der Waals surface area (Å²) in [7, 11) is 0. The minimum absolute atomic E-state index is 0.0747. The second-order valence-electron chi connectivity index (χ2n) is 6.73. The summed E-state index contributed by atoms with van der Waals surface area (Å²) >= 11 is 0. The molecule has 32 heavy (non-hydrogen) atoms. The number of carbonyl (C=O) groups excluding carboxylic acids is 3. The van der Waals surface area contributed by atoms with Crippen LogP contribution >= 0.6 is 0 Å². The lowest BCUT2D eigenvalue weighted by Crippen LogP contribution is -2.57. The molecule has 0 radical (unpaired) electrons. The number of hydrogen-bond acceptors (Lipinski definition) is 7. The first kappa shape index (κ1) is 26.0. The van der Waals surface area contributed by atoms with Gasteiger partial charge < -0.3 is 37.0 Å². The second kappa shape index (κ2) is 12.6. The van der Waals surface area contributed by atoms with Gasteiger partial charge in [0.1, 0.15) is 18.6 Å². The van der Waals surface area contributed by atoms with Crippen LogP contribution in [0.2, 0.25) is 0 Å². The average molecular weight is 452 g/mol. The van der Waals surface area contributed by atoms with Crippen LogP contribution in [0.25, 0.3) is 0 Å². The Kier molecular flexibility index (Phi) is 10.3. The van der Waals surface area contributed by atoms with Crippen LogP contribution in [0.5, 0.6) is 0 Å². The maximum absolute atomic E-state index is 12.8. The zero-order chi connectivity index (χ0) is 24.3. The van der Waals surface area contributed by atoms with Crippen molar-refractivity contribution in [3.05, 3.63) is 35.9 Å². The van der Waals surface area contributed by atoms with Crippen LogP contribution in [0.3, 0.4) is 0 Å². The number of amides is 3. The molecule has 13 heteroatoms. The van der Waals surface area contributed by atoms with Crippen LogP contribution in [0.1, 0.15) is 18.4 Å². The number of nitrogens with two attached hydrogens (primary N) is 1. The van der Waals surface area contributed by atoms with Crippen molar-refractivity contribution in [2.45, 2.75) is 37.4 Å². The number of nitrogens with one attached hydrogen (secondary N) is 3. The molecule has 1 rings (SSSR count). The summed E-state index contributed by atoms with van der Waals surface area (Å²) in [5.74, 6) is -7.06. The summed E-state index contributed by atoms with van der Waals surface area (Å²) in [6.07, 6.45) is -1.61. The Morgan fingerprint density at radius 2 is 1.31 bits per heavy atom. The summed E-state index contributed by atoms with van der Waals surface area (Å²) in [6.45, 7) is -0.793. The molecular weight excluding hydrogens is 428 g/mol. The van der Waals surface area contributed by atoms with E-state index in [1.54, 1.807) is 30.3 Å². The van der Waals surface area contributed by atoms with Crippen molar-refractivity contribution in [2.24, 2.45) is 5.73 Å². The van der Waals surface area contributed by atoms with Gasteiger partial charge in [-0.2, -0.15) is 0 Å². The molecule has 1 aromatic rings. The molecular formula is C19H24N4O9. The lowest BCUT2D eigenvalue weighted by atomic mass is 10.0. The maximum Gasteiger partial charge on any atom is 0.322 e. The van der Waals surface area contributed by atoms with Crippen molar-refractivity contribution in [1.29, 1.82) is 0 Å². The van der Waals surface area contributed by atoms with E-state index in [1.807, 2.05) is 5.32 Å². The van der Waals surface area contributed by atoms with Crippen LogP contribution in [0.4, 0.5) is 0 Å². The van der Waals surface area contributed by atoms with E-state index in [0.717, 1.165) is 0 Å². The first-order valence-electron chi connectivity index (χ1n) is 9.33. The monoisotopic (exact) mass is 452 g/mol. The van der Waals surface area contributed by atoms with Crippen LogP contribution < -0.4 is 21.7 Å². The van der Waals surface area contributed by atoms with Crippen molar-refractivity contribution in [1.82, 2.24) is 16.0 Å². The van der Waals surface area contributed by atoms with Gasteiger partial charge in [-0.05, 0) is 5.56 Å². The van der Waals surface area contributed by atoms with Gasteiger partial charge in [-0.25, -0.2) is 0 Å². The molecule has 13 nitrogen and oxygen atoms in total. The fourth-order valence-electron chi connectivity index (χ4n) is 2.56. The van der Waals surface area contributed by atoms with Gasteiger partial charge in [0, 0.05) is 6.42 Å². The summed E-state index contributed by atoms with van der Waals surface area (Å²) in [5, 5.41) is 32.9. The van der Waals surface area contributed by atoms with E-state index >= 15 is 0 Å². The third kappa shape index (κ3) is 9.67. The Balaban J connectivity index is 3.02. The Morgan fingerprint density at radius 1 is 0.750 bits per heavy atom. The molecule has 3 unspecified atom stereocenters. The predicted octanol–water partition coefficient (Wildman–Crippen LogP) is -2.32. The van der Waals surface area contributed by atoms with Gasteiger partial charge in [-0.3, -0.25) is 28.8 Å². The van der Waals surface area contributed by atoms with Crippen molar-refractivity contribution in [3.8, 4) is 0 Å². The topological polar surface area (TPSA) is 225 Å². The fraction of sp³-hybridized carbons (Fsp3) is 0.368. The van der Waals surface area contributed by atoms with E-state index < -0.39 is 73.1 Å². The largest absolute Gasteiger partial charge is 0.481 e. The van der Waals surface area contributed by atoms with Gasteiger partial charge in [0.15, 0.2) is 0 Å². The highest BCUT2D eigenvalue weighted by atomic mass is 16.4. The van der Waals surface area contributed by atoms with E-state index in [9.17, 15) is 28.8 Å². The van der Waals surface area contributed by atoms with E-state index in [0.29, 0.717) is 5.56 Å². The normalized spacial score (nSPS) is 13.2. The van der Waals surface area contributed by atoms with E-state index in [2.05, 4.69) is 10.6 Å². The number of aliphatic carboxylic acids is 3. The van der Waals surface area contributed by atoms with Crippen LogP contribution in [-0.4, -0.2) is 75.6 Å². The van der Waals surface area contributed by atoms with Gasteiger partial charge in [0.25, 0.3) is 0 Å². The second-order valence-corrected chi connectivity index (χ2v) is 6.73.